The third-order valence-corrected chi connectivity index (χ3v) is 5.82. The molecule has 4 heteroatoms. The second-order valence-electron chi connectivity index (χ2n) is 5.99. The predicted octanol–water partition coefficient (Wildman–Crippen LogP) is 3.97. The lowest BCUT2D eigenvalue weighted by molar-refractivity contribution is 0.301. The number of nitrogens with zero attached hydrogens (tertiary/aromatic N) is 1. The Hall–Kier alpha value is -1.26. The van der Waals surface area contributed by atoms with Crippen LogP contribution < -0.4 is 5.73 Å². The van der Waals surface area contributed by atoms with E-state index in [1.807, 2.05) is 6.07 Å². The minimum Gasteiger partial charge on any atom is -0.319 e. The second kappa shape index (κ2) is 4.37. The number of nitrogens with two attached hydrogens (primary N) is 1. The van der Waals surface area contributed by atoms with E-state index in [-0.39, 0.29) is 11.4 Å². The predicted molar refractivity (Wildman–Crippen MR) is 79.3 cm³/mol. The first-order valence-corrected chi connectivity index (χ1v) is 8.05. The molecule has 0 bridgehead atoms. The largest absolute Gasteiger partial charge is 0.319 e. The Labute approximate surface area is 121 Å². The van der Waals surface area contributed by atoms with Crippen molar-refractivity contribution in [2.24, 2.45) is 5.73 Å². The molecule has 0 radical (unpaired) electrons. The van der Waals surface area contributed by atoms with E-state index in [0.29, 0.717) is 0 Å². The normalized spacial score (nSPS) is 19.7. The molecule has 1 fully saturated rings. The fourth-order valence-electron chi connectivity index (χ4n) is 3.40. The Morgan fingerprint density at radius 3 is 2.80 bits per heavy atom. The fraction of sp³-hybridized carbons (Fsp3) is 0.438. The molecule has 0 amide bonds. The minimum atomic E-state index is -0.229. The van der Waals surface area contributed by atoms with Crippen molar-refractivity contribution >= 4 is 11.3 Å². The highest BCUT2D eigenvalue weighted by atomic mass is 32.1. The van der Waals surface area contributed by atoms with Crippen LogP contribution in [-0.4, -0.2) is 4.98 Å². The number of benzene rings is 1. The van der Waals surface area contributed by atoms with E-state index in [9.17, 15) is 4.39 Å². The summed E-state index contributed by atoms with van der Waals surface area (Å²) in [6, 6.07) is 5.00. The average Bonchev–Trinajstić information content (AvgIpc) is 2.96. The first kappa shape index (κ1) is 12.5. The summed E-state index contributed by atoms with van der Waals surface area (Å²) in [6.45, 7) is 0. The smallest absolute Gasteiger partial charge is 0.123 e. The molecule has 2 aromatic rings. The van der Waals surface area contributed by atoms with Gasteiger partial charge in [0.25, 0.3) is 0 Å². The molecule has 0 unspecified atom stereocenters. The van der Waals surface area contributed by atoms with Gasteiger partial charge < -0.3 is 5.73 Å². The van der Waals surface area contributed by atoms with E-state index in [2.05, 4.69) is 0 Å². The van der Waals surface area contributed by atoms with Gasteiger partial charge in [0.1, 0.15) is 10.8 Å². The molecule has 2 aliphatic rings. The van der Waals surface area contributed by atoms with Crippen LogP contribution in [0.4, 0.5) is 4.39 Å². The summed E-state index contributed by atoms with van der Waals surface area (Å²) in [5, 5.41) is 1.08. The summed E-state index contributed by atoms with van der Waals surface area (Å²) in [5.41, 5.74) is 9.52. The van der Waals surface area contributed by atoms with Crippen LogP contribution in [0, 0.1) is 5.82 Å². The molecule has 1 saturated carbocycles. The van der Waals surface area contributed by atoms with E-state index in [1.165, 1.54) is 30.2 Å². The molecular formula is C16H17FN2S. The highest BCUT2D eigenvalue weighted by Crippen LogP contribution is 2.44. The molecule has 4 rings (SSSR count). The van der Waals surface area contributed by atoms with Crippen molar-refractivity contribution in [1.82, 2.24) is 4.98 Å². The molecular weight excluding hydrogens is 271 g/mol. The van der Waals surface area contributed by atoms with Crippen LogP contribution in [0.1, 0.15) is 47.6 Å². The Morgan fingerprint density at radius 1 is 1.20 bits per heavy atom. The monoisotopic (exact) mass is 288 g/mol. The van der Waals surface area contributed by atoms with Crippen molar-refractivity contribution in [3.05, 3.63) is 39.5 Å². The lowest BCUT2D eigenvalue weighted by Gasteiger charge is -2.31. The van der Waals surface area contributed by atoms with Crippen LogP contribution in [0.2, 0.25) is 0 Å². The van der Waals surface area contributed by atoms with E-state index in [0.717, 1.165) is 41.1 Å². The highest BCUT2D eigenvalue weighted by Gasteiger charge is 2.35. The van der Waals surface area contributed by atoms with Crippen molar-refractivity contribution in [1.29, 1.82) is 0 Å². The van der Waals surface area contributed by atoms with Gasteiger partial charge in [0.2, 0.25) is 0 Å². The maximum absolute atomic E-state index is 13.3. The Bertz CT molecular complexity index is 671. The van der Waals surface area contributed by atoms with Gasteiger partial charge in [-0.05, 0) is 36.6 Å². The zero-order valence-corrected chi connectivity index (χ0v) is 12.1. The molecule has 0 saturated heterocycles. The van der Waals surface area contributed by atoms with Crippen molar-refractivity contribution in [2.45, 2.75) is 44.1 Å². The lowest BCUT2D eigenvalue weighted by atomic mass is 9.83. The highest BCUT2D eigenvalue weighted by molar-refractivity contribution is 7.12. The van der Waals surface area contributed by atoms with Crippen molar-refractivity contribution < 1.29 is 4.39 Å². The van der Waals surface area contributed by atoms with Gasteiger partial charge in [-0.1, -0.05) is 19.3 Å². The summed E-state index contributed by atoms with van der Waals surface area (Å²) in [5.74, 6) is -0.165. The summed E-state index contributed by atoms with van der Waals surface area (Å²) >= 11 is 1.73. The lowest BCUT2D eigenvalue weighted by Crippen LogP contribution is -2.38. The van der Waals surface area contributed by atoms with Crippen molar-refractivity contribution in [2.75, 3.05) is 0 Å². The van der Waals surface area contributed by atoms with Crippen LogP contribution >= 0.6 is 11.3 Å². The van der Waals surface area contributed by atoms with E-state index < -0.39 is 0 Å². The van der Waals surface area contributed by atoms with Gasteiger partial charge in [-0.15, -0.1) is 11.3 Å². The average molecular weight is 288 g/mol. The molecule has 2 nitrogen and oxygen atoms in total. The Balaban J connectivity index is 1.75. The molecule has 2 N–H and O–H groups in total. The van der Waals surface area contributed by atoms with Crippen LogP contribution in [0.5, 0.6) is 0 Å². The van der Waals surface area contributed by atoms with E-state index in [4.69, 9.17) is 10.7 Å². The van der Waals surface area contributed by atoms with Crippen LogP contribution in [0.25, 0.3) is 11.3 Å². The first-order chi connectivity index (χ1) is 9.66. The van der Waals surface area contributed by atoms with Crippen LogP contribution in [-0.2, 0) is 12.0 Å². The molecule has 0 spiro atoms. The third kappa shape index (κ3) is 1.82. The van der Waals surface area contributed by atoms with Crippen molar-refractivity contribution in [3.63, 3.8) is 0 Å². The molecule has 0 aliphatic heterocycles. The molecule has 2 aliphatic carbocycles. The van der Waals surface area contributed by atoms with Crippen LogP contribution in [0.15, 0.2) is 18.2 Å². The number of rotatable bonds is 1. The quantitative estimate of drug-likeness (QED) is 0.736. The van der Waals surface area contributed by atoms with Gasteiger partial charge >= 0.3 is 0 Å². The first-order valence-electron chi connectivity index (χ1n) is 7.24. The summed E-state index contributed by atoms with van der Waals surface area (Å²) in [6.07, 6.45) is 6.55. The second-order valence-corrected chi connectivity index (χ2v) is 7.07. The zero-order chi connectivity index (χ0) is 13.7. The number of aromatic nitrogens is 1. The minimum absolute atomic E-state index is 0.165. The number of hydrogen-bond donors (Lipinski definition) is 1. The Kier molecular flexibility index (Phi) is 2.72. The SMILES string of the molecule is NC1(c2nc3c(s2)Cc2cc(F)ccc2-3)CCCCC1. The van der Waals surface area contributed by atoms with E-state index in [1.54, 1.807) is 17.4 Å². The van der Waals surface area contributed by atoms with E-state index >= 15 is 0 Å². The Morgan fingerprint density at radius 2 is 2.00 bits per heavy atom. The maximum Gasteiger partial charge on any atom is 0.123 e. The van der Waals surface area contributed by atoms with Gasteiger partial charge in [-0.3, -0.25) is 0 Å². The third-order valence-electron chi connectivity index (χ3n) is 4.54. The molecule has 104 valence electrons. The maximum atomic E-state index is 13.3. The van der Waals surface area contributed by atoms with Gasteiger partial charge in [0.15, 0.2) is 0 Å². The summed E-state index contributed by atoms with van der Waals surface area (Å²) in [7, 11) is 0. The van der Waals surface area contributed by atoms with Gasteiger partial charge in [0.05, 0.1) is 11.2 Å². The summed E-state index contributed by atoms with van der Waals surface area (Å²) < 4.78 is 13.3. The van der Waals surface area contributed by atoms with Gasteiger partial charge in [-0.25, -0.2) is 9.37 Å². The molecule has 1 aromatic heterocycles. The number of fused-ring (bicyclic) bond motifs is 3. The van der Waals surface area contributed by atoms with Crippen LogP contribution in [0.3, 0.4) is 0 Å². The molecule has 1 aromatic carbocycles. The summed E-state index contributed by atoms with van der Waals surface area (Å²) in [4.78, 5) is 6.07. The number of hydrogen-bond acceptors (Lipinski definition) is 3. The standard InChI is InChI=1S/C16H17FN2S/c17-11-4-5-12-10(8-11)9-13-14(12)19-15(20-13)16(18)6-2-1-3-7-16/h4-5,8H,1-3,6-7,9,18H2. The number of thiazole rings is 1. The molecule has 0 atom stereocenters. The molecule has 20 heavy (non-hydrogen) atoms. The molecule has 1 heterocycles. The van der Waals surface area contributed by atoms with Gasteiger partial charge in [0, 0.05) is 16.9 Å². The topological polar surface area (TPSA) is 38.9 Å². The van der Waals surface area contributed by atoms with Crippen molar-refractivity contribution in [3.8, 4) is 11.3 Å². The van der Waals surface area contributed by atoms with Gasteiger partial charge in [-0.2, -0.15) is 0 Å². The number of halogens is 1. The zero-order valence-electron chi connectivity index (χ0n) is 11.3. The fourth-order valence-corrected chi connectivity index (χ4v) is 4.66.